The zero-order chi connectivity index (χ0) is 13.0. The Morgan fingerprint density at radius 3 is 2.71 bits per heavy atom. The molecule has 17 heavy (non-hydrogen) atoms. The monoisotopic (exact) mass is 301 g/mol. The molecule has 6 nitrogen and oxygen atoms in total. The summed E-state index contributed by atoms with van der Waals surface area (Å²) in [5, 5.41) is 19.3. The highest BCUT2D eigenvalue weighted by molar-refractivity contribution is 9.10. The summed E-state index contributed by atoms with van der Waals surface area (Å²) in [7, 11) is 1.35. The molecule has 1 aromatic carbocycles. The van der Waals surface area contributed by atoms with Gasteiger partial charge in [0.25, 0.3) is 5.69 Å². The van der Waals surface area contributed by atoms with Gasteiger partial charge < -0.3 is 9.84 Å². The van der Waals surface area contributed by atoms with Gasteiger partial charge in [-0.25, -0.2) is 4.79 Å². The van der Waals surface area contributed by atoms with Crippen molar-refractivity contribution in [3.05, 3.63) is 38.4 Å². The first-order valence-electron chi connectivity index (χ1n) is 4.39. The van der Waals surface area contributed by atoms with Crippen molar-refractivity contribution < 1.29 is 19.6 Å². The zero-order valence-corrected chi connectivity index (χ0v) is 10.3. The van der Waals surface area contributed by atoms with E-state index < -0.39 is 10.9 Å². The minimum Gasteiger partial charge on any atom is -0.495 e. The lowest BCUT2D eigenvalue weighted by Crippen LogP contribution is -1.97. The molecule has 0 aliphatic carbocycles. The van der Waals surface area contributed by atoms with Crippen LogP contribution < -0.4 is 4.74 Å². The van der Waals surface area contributed by atoms with Gasteiger partial charge in [-0.15, -0.1) is 0 Å². The molecule has 0 aliphatic rings. The number of benzene rings is 1. The number of halogens is 1. The number of nitro benzene ring substituents is 1. The van der Waals surface area contributed by atoms with Gasteiger partial charge in [-0.1, -0.05) is 0 Å². The molecule has 7 heteroatoms. The Kier molecular flexibility index (Phi) is 4.22. The number of carboxylic acids is 1. The molecule has 0 spiro atoms. The van der Waals surface area contributed by atoms with Gasteiger partial charge in [0.2, 0.25) is 0 Å². The van der Waals surface area contributed by atoms with Gasteiger partial charge in [0.15, 0.2) is 0 Å². The number of carboxylic acid groups (broad SMARTS) is 1. The molecule has 0 aromatic heterocycles. The molecule has 1 N–H and O–H groups in total. The van der Waals surface area contributed by atoms with Crippen LogP contribution in [0.5, 0.6) is 5.75 Å². The zero-order valence-electron chi connectivity index (χ0n) is 8.71. The van der Waals surface area contributed by atoms with Crippen LogP contribution in [0.1, 0.15) is 5.56 Å². The Labute approximate surface area is 105 Å². The smallest absolute Gasteiger partial charge is 0.328 e. The summed E-state index contributed by atoms with van der Waals surface area (Å²) in [5.41, 5.74) is -0.114. The Balaban J connectivity index is 3.44. The Bertz CT molecular complexity index is 498. The lowest BCUT2D eigenvalue weighted by molar-refractivity contribution is -0.385. The first-order chi connectivity index (χ1) is 7.97. The fourth-order valence-corrected chi connectivity index (χ4v) is 1.75. The van der Waals surface area contributed by atoms with E-state index in [9.17, 15) is 14.9 Å². The predicted octanol–water partition coefficient (Wildman–Crippen LogP) is 2.46. The van der Waals surface area contributed by atoms with E-state index >= 15 is 0 Å². The Hall–Kier alpha value is -1.89. The van der Waals surface area contributed by atoms with E-state index in [4.69, 9.17) is 9.84 Å². The lowest BCUT2D eigenvalue weighted by Gasteiger charge is -2.07. The van der Waals surface area contributed by atoms with E-state index in [0.29, 0.717) is 4.47 Å². The van der Waals surface area contributed by atoms with Crippen LogP contribution >= 0.6 is 15.9 Å². The fraction of sp³-hybridized carbons (Fsp3) is 0.100. The topological polar surface area (TPSA) is 89.7 Å². The highest BCUT2D eigenvalue weighted by atomic mass is 79.9. The molecule has 0 fully saturated rings. The molecule has 0 heterocycles. The third kappa shape index (κ3) is 3.04. The SMILES string of the molecule is COc1c(Br)ccc([N+](=O)[O-])c1/C=C/C(=O)O. The van der Waals surface area contributed by atoms with Crippen molar-refractivity contribution in [3.8, 4) is 5.75 Å². The fourth-order valence-electron chi connectivity index (χ4n) is 1.24. The summed E-state index contributed by atoms with van der Waals surface area (Å²) in [6.45, 7) is 0. The maximum atomic E-state index is 10.8. The summed E-state index contributed by atoms with van der Waals surface area (Å²) < 4.78 is 5.51. The van der Waals surface area contributed by atoms with Gasteiger partial charge in [-0.2, -0.15) is 0 Å². The number of nitro groups is 1. The second kappa shape index (κ2) is 5.44. The third-order valence-electron chi connectivity index (χ3n) is 1.92. The molecular formula is C10H8BrNO5. The maximum Gasteiger partial charge on any atom is 0.328 e. The number of methoxy groups -OCH3 is 1. The van der Waals surface area contributed by atoms with Gasteiger partial charge >= 0.3 is 5.97 Å². The van der Waals surface area contributed by atoms with Crippen molar-refractivity contribution >= 4 is 33.7 Å². The minimum absolute atomic E-state index is 0.106. The predicted molar refractivity (Wildman–Crippen MR) is 64.0 cm³/mol. The van der Waals surface area contributed by atoms with E-state index in [0.717, 1.165) is 12.2 Å². The lowest BCUT2D eigenvalue weighted by atomic mass is 10.1. The Morgan fingerprint density at radius 2 is 2.24 bits per heavy atom. The molecule has 0 saturated heterocycles. The average Bonchev–Trinajstić information content (AvgIpc) is 2.25. The van der Waals surface area contributed by atoms with E-state index in [1.807, 2.05) is 0 Å². The van der Waals surface area contributed by atoms with Crippen LogP contribution in [0, 0.1) is 10.1 Å². The first kappa shape index (κ1) is 13.2. The minimum atomic E-state index is -1.19. The molecule has 0 unspecified atom stereocenters. The highest BCUT2D eigenvalue weighted by Gasteiger charge is 2.18. The standard InChI is InChI=1S/C10H8BrNO5/c1-17-10-6(2-5-9(13)14)8(12(15)16)4-3-7(10)11/h2-5H,1H3,(H,13,14)/b5-2+. The number of carbonyl (C=O) groups is 1. The van der Waals surface area contributed by atoms with Gasteiger partial charge in [-0.05, 0) is 28.1 Å². The van der Waals surface area contributed by atoms with E-state index in [1.165, 1.54) is 19.2 Å². The average molecular weight is 302 g/mol. The van der Waals surface area contributed by atoms with Crippen molar-refractivity contribution in [2.45, 2.75) is 0 Å². The molecule has 90 valence electrons. The van der Waals surface area contributed by atoms with E-state index in [-0.39, 0.29) is 17.0 Å². The second-order valence-electron chi connectivity index (χ2n) is 2.94. The van der Waals surface area contributed by atoms with Crippen LogP contribution in [0.3, 0.4) is 0 Å². The van der Waals surface area contributed by atoms with Crippen molar-refractivity contribution in [3.63, 3.8) is 0 Å². The summed E-state index contributed by atoms with van der Waals surface area (Å²) in [6, 6.07) is 2.74. The largest absolute Gasteiger partial charge is 0.495 e. The quantitative estimate of drug-likeness (QED) is 0.524. The molecule has 1 aromatic rings. The number of ether oxygens (including phenoxy) is 1. The van der Waals surface area contributed by atoms with Crippen LogP contribution in [0.15, 0.2) is 22.7 Å². The molecule has 0 radical (unpaired) electrons. The number of hydrogen-bond acceptors (Lipinski definition) is 4. The number of hydrogen-bond donors (Lipinski definition) is 1. The van der Waals surface area contributed by atoms with Gasteiger partial charge in [0.1, 0.15) is 5.75 Å². The van der Waals surface area contributed by atoms with Crippen molar-refractivity contribution in [2.75, 3.05) is 7.11 Å². The van der Waals surface area contributed by atoms with Crippen LogP contribution in [0.25, 0.3) is 6.08 Å². The number of rotatable bonds is 4. The third-order valence-corrected chi connectivity index (χ3v) is 2.54. The maximum absolute atomic E-state index is 10.8. The van der Waals surface area contributed by atoms with Crippen LogP contribution in [-0.2, 0) is 4.79 Å². The highest BCUT2D eigenvalue weighted by Crippen LogP contribution is 2.36. The van der Waals surface area contributed by atoms with Crippen molar-refractivity contribution in [2.24, 2.45) is 0 Å². The molecule has 0 atom stereocenters. The number of nitrogens with zero attached hydrogens (tertiary/aromatic N) is 1. The molecule has 0 aliphatic heterocycles. The van der Waals surface area contributed by atoms with Crippen LogP contribution in [0.2, 0.25) is 0 Å². The number of aliphatic carboxylic acids is 1. The van der Waals surface area contributed by atoms with Gasteiger partial charge in [0, 0.05) is 12.1 Å². The van der Waals surface area contributed by atoms with Crippen molar-refractivity contribution in [1.29, 1.82) is 0 Å². The molecule has 0 bridgehead atoms. The normalized spacial score (nSPS) is 10.5. The molecule has 0 saturated carbocycles. The summed E-state index contributed by atoms with van der Waals surface area (Å²) in [5.74, 6) is -0.974. The van der Waals surface area contributed by atoms with Gasteiger partial charge in [-0.3, -0.25) is 10.1 Å². The van der Waals surface area contributed by atoms with Gasteiger partial charge in [0.05, 0.1) is 22.1 Å². The van der Waals surface area contributed by atoms with E-state index in [2.05, 4.69) is 15.9 Å². The van der Waals surface area contributed by atoms with E-state index in [1.54, 1.807) is 0 Å². The van der Waals surface area contributed by atoms with Crippen molar-refractivity contribution in [1.82, 2.24) is 0 Å². The second-order valence-corrected chi connectivity index (χ2v) is 3.80. The summed E-state index contributed by atoms with van der Waals surface area (Å²) in [6.07, 6.45) is 1.95. The summed E-state index contributed by atoms with van der Waals surface area (Å²) >= 11 is 3.17. The summed E-state index contributed by atoms with van der Waals surface area (Å²) in [4.78, 5) is 20.6. The Morgan fingerprint density at radius 1 is 1.59 bits per heavy atom. The molecule has 1 rings (SSSR count). The first-order valence-corrected chi connectivity index (χ1v) is 5.18. The molecule has 0 amide bonds. The van der Waals surface area contributed by atoms with Crippen LogP contribution in [0.4, 0.5) is 5.69 Å². The molecular weight excluding hydrogens is 294 g/mol. The van der Waals surface area contributed by atoms with Crippen LogP contribution in [-0.4, -0.2) is 23.1 Å².